The van der Waals surface area contributed by atoms with Gasteiger partial charge in [-0.15, -0.1) is 10.2 Å². The maximum atomic E-state index is 12.7. The highest BCUT2D eigenvalue weighted by atomic mass is 32.2. The summed E-state index contributed by atoms with van der Waals surface area (Å²) in [7, 11) is -3.46. The van der Waals surface area contributed by atoms with Crippen LogP contribution in [0.2, 0.25) is 0 Å². The molecule has 2 heterocycles. The Hall–Kier alpha value is -3.55. The van der Waals surface area contributed by atoms with Crippen molar-refractivity contribution in [3.8, 4) is 11.3 Å². The number of nitrogens with zero attached hydrogens (tertiary/aromatic N) is 4. The second kappa shape index (κ2) is 9.13. The number of aromatic nitrogens is 2. The van der Waals surface area contributed by atoms with Crippen molar-refractivity contribution < 1.29 is 8.42 Å². The van der Waals surface area contributed by atoms with Crippen LogP contribution < -0.4 is 4.90 Å². The van der Waals surface area contributed by atoms with Gasteiger partial charge in [0, 0.05) is 37.2 Å². The third-order valence-electron chi connectivity index (χ3n) is 5.87. The lowest BCUT2D eigenvalue weighted by Gasteiger charge is -2.33. The predicted molar refractivity (Wildman–Crippen MR) is 133 cm³/mol. The molecule has 6 nitrogen and oxygen atoms in total. The number of hydrogen-bond donors (Lipinski definition) is 0. The molecule has 1 saturated heterocycles. The topological polar surface area (TPSA) is 66.4 Å². The Morgan fingerprint density at radius 1 is 0.727 bits per heavy atom. The Morgan fingerprint density at radius 2 is 1.45 bits per heavy atom. The summed E-state index contributed by atoms with van der Waals surface area (Å²) in [6, 6.07) is 27.8. The quantitative estimate of drug-likeness (QED) is 0.445. The van der Waals surface area contributed by atoms with Crippen LogP contribution >= 0.6 is 0 Å². The molecule has 0 unspecified atom stereocenters. The Morgan fingerprint density at radius 3 is 2.21 bits per heavy atom. The zero-order valence-electron chi connectivity index (χ0n) is 18.1. The Balaban J connectivity index is 1.26. The van der Waals surface area contributed by atoms with Crippen LogP contribution in [-0.2, 0) is 10.0 Å². The summed E-state index contributed by atoms with van der Waals surface area (Å²) in [4.78, 5) is 2.08. The summed E-state index contributed by atoms with van der Waals surface area (Å²) in [6.07, 6.45) is 1.64. The molecule has 0 amide bonds. The molecule has 7 heteroatoms. The number of hydrogen-bond acceptors (Lipinski definition) is 5. The van der Waals surface area contributed by atoms with Gasteiger partial charge in [0.05, 0.1) is 5.69 Å². The van der Waals surface area contributed by atoms with Crippen molar-refractivity contribution in [2.75, 3.05) is 31.1 Å². The van der Waals surface area contributed by atoms with Crippen molar-refractivity contribution >= 4 is 32.7 Å². The van der Waals surface area contributed by atoms with Crippen LogP contribution in [0.3, 0.4) is 0 Å². The fraction of sp³-hybridized carbons (Fsp3) is 0.154. The monoisotopic (exact) mass is 456 g/mol. The molecule has 0 saturated carbocycles. The molecule has 3 aromatic carbocycles. The second-order valence-corrected chi connectivity index (χ2v) is 9.77. The van der Waals surface area contributed by atoms with Crippen LogP contribution in [0.25, 0.3) is 28.1 Å². The van der Waals surface area contributed by atoms with Gasteiger partial charge in [-0.05, 0) is 34.5 Å². The minimum Gasteiger partial charge on any atom is -0.352 e. The lowest BCUT2D eigenvalue weighted by Crippen LogP contribution is -2.48. The highest BCUT2D eigenvalue weighted by molar-refractivity contribution is 7.92. The zero-order valence-corrected chi connectivity index (χ0v) is 18.9. The van der Waals surface area contributed by atoms with Crippen LogP contribution in [-0.4, -0.2) is 49.1 Å². The van der Waals surface area contributed by atoms with E-state index in [9.17, 15) is 8.42 Å². The van der Waals surface area contributed by atoms with Crippen molar-refractivity contribution in [3.63, 3.8) is 0 Å². The van der Waals surface area contributed by atoms with Gasteiger partial charge in [0.15, 0.2) is 5.82 Å². The lowest BCUT2D eigenvalue weighted by molar-refractivity contribution is 0.388. The van der Waals surface area contributed by atoms with Gasteiger partial charge in [0.1, 0.15) is 0 Å². The highest BCUT2D eigenvalue weighted by Gasteiger charge is 2.25. The maximum absolute atomic E-state index is 12.7. The molecule has 33 heavy (non-hydrogen) atoms. The molecule has 1 aliphatic rings. The molecule has 4 aromatic rings. The van der Waals surface area contributed by atoms with Gasteiger partial charge in [-0.25, -0.2) is 8.42 Å². The van der Waals surface area contributed by atoms with Crippen molar-refractivity contribution in [1.82, 2.24) is 14.5 Å². The number of piperazine rings is 1. The standard InChI is InChI=1S/C26H24N4O2S/c31-33(32,20-15-21-7-2-1-3-8-21)30-18-16-29(17-19-30)26-14-13-25(27-28-26)24-12-6-10-22-9-4-5-11-23(22)24/h1-15,20H,16-19H2/b20-15-. The van der Waals surface area contributed by atoms with E-state index in [0.717, 1.165) is 28.0 Å². The smallest absolute Gasteiger partial charge is 0.236 e. The first-order valence-corrected chi connectivity index (χ1v) is 12.4. The summed E-state index contributed by atoms with van der Waals surface area (Å²) in [5, 5.41) is 12.5. The first-order valence-electron chi connectivity index (χ1n) is 10.9. The molecular formula is C26H24N4O2S. The van der Waals surface area contributed by atoms with Crippen molar-refractivity contribution in [1.29, 1.82) is 0 Å². The summed E-state index contributed by atoms with van der Waals surface area (Å²) in [6.45, 7) is 1.96. The van der Waals surface area contributed by atoms with Gasteiger partial charge < -0.3 is 4.90 Å². The van der Waals surface area contributed by atoms with Gasteiger partial charge >= 0.3 is 0 Å². The van der Waals surface area contributed by atoms with Gasteiger partial charge in [-0.1, -0.05) is 72.8 Å². The maximum Gasteiger partial charge on any atom is 0.236 e. The van der Waals surface area contributed by atoms with E-state index in [0.29, 0.717) is 26.2 Å². The number of fused-ring (bicyclic) bond motifs is 1. The first-order chi connectivity index (χ1) is 16.1. The largest absolute Gasteiger partial charge is 0.352 e. The molecule has 0 atom stereocenters. The van der Waals surface area contributed by atoms with Crippen LogP contribution in [0.5, 0.6) is 0 Å². The molecule has 0 aliphatic carbocycles. The molecule has 0 bridgehead atoms. The minimum absolute atomic E-state index is 0.411. The fourth-order valence-electron chi connectivity index (χ4n) is 4.07. The van der Waals surface area contributed by atoms with Gasteiger partial charge in [-0.3, -0.25) is 0 Å². The highest BCUT2D eigenvalue weighted by Crippen LogP contribution is 2.27. The van der Waals surface area contributed by atoms with E-state index in [4.69, 9.17) is 0 Å². The van der Waals surface area contributed by atoms with E-state index in [2.05, 4.69) is 39.4 Å². The van der Waals surface area contributed by atoms with Gasteiger partial charge in [0.25, 0.3) is 0 Å². The van der Waals surface area contributed by atoms with Crippen LogP contribution in [0.1, 0.15) is 5.56 Å². The molecule has 5 rings (SSSR count). The molecular weight excluding hydrogens is 432 g/mol. The molecule has 0 N–H and O–H groups in total. The third-order valence-corrected chi connectivity index (χ3v) is 7.44. The number of anilines is 1. The Bertz CT molecular complexity index is 1370. The van der Waals surface area contributed by atoms with E-state index in [1.165, 1.54) is 15.1 Å². The summed E-state index contributed by atoms with van der Waals surface area (Å²) >= 11 is 0. The number of rotatable bonds is 5. The molecule has 1 aromatic heterocycles. The average molecular weight is 457 g/mol. The SMILES string of the molecule is O=S(=O)(/C=C\c1ccccc1)N1CCN(c2ccc(-c3cccc4ccccc34)nn2)CC1. The normalized spacial score (nSPS) is 15.3. The lowest BCUT2D eigenvalue weighted by atomic mass is 10.0. The van der Waals surface area contributed by atoms with Gasteiger partial charge in [0.2, 0.25) is 10.0 Å². The van der Waals surface area contributed by atoms with Crippen molar-refractivity contribution in [2.24, 2.45) is 0 Å². The van der Waals surface area contributed by atoms with E-state index in [1.54, 1.807) is 6.08 Å². The molecule has 0 spiro atoms. The molecule has 1 aliphatic heterocycles. The molecule has 166 valence electrons. The van der Waals surface area contributed by atoms with E-state index < -0.39 is 10.0 Å². The van der Waals surface area contributed by atoms with Crippen molar-refractivity contribution in [2.45, 2.75) is 0 Å². The van der Waals surface area contributed by atoms with Crippen LogP contribution in [0.15, 0.2) is 90.3 Å². The van der Waals surface area contributed by atoms with E-state index in [1.807, 2.05) is 60.7 Å². The summed E-state index contributed by atoms with van der Waals surface area (Å²) < 4.78 is 26.9. The van der Waals surface area contributed by atoms with Gasteiger partial charge in [-0.2, -0.15) is 4.31 Å². The molecule has 1 fully saturated rings. The first kappa shape index (κ1) is 21.3. The average Bonchev–Trinajstić information content (AvgIpc) is 2.88. The summed E-state index contributed by atoms with van der Waals surface area (Å²) in [5.74, 6) is 0.760. The summed E-state index contributed by atoms with van der Waals surface area (Å²) in [5.41, 5.74) is 2.73. The minimum atomic E-state index is -3.46. The van der Waals surface area contributed by atoms with Crippen LogP contribution in [0, 0.1) is 0 Å². The third kappa shape index (κ3) is 4.65. The van der Waals surface area contributed by atoms with E-state index >= 15 is 0 Å². The fourth-order valence-corrected chi connectivity index (χ4v) is 5.25. The van der Waals surface area contributed by atoms with Crippen molar-refractivity contribution in [3.05, 3.63) is 95.9 Å². The Labute approximate surface area is 193 Å². The number of benzene rings is 3. The van der Waals surface area contributed by atoms with Crippen LogP contribution in [0.4, 0.5) is 5.82 Å². The predicted octanol–water partition coefficient (Wildman–Crippen LogP) is 4.42. The Kier molecular flexibility index (Phi) is 5.90. The second-order valence-electron chi connectivity index (χ2n) is 7.95. The van der Waals surface area contributed by atoms with E-state index in [-0.39, 0.29) is 0 Å². The number of sulfonamides is 1. The zero-order chi connectivity index (χ0) is 22.7. The molecule has 0 radical (unpaired) electrons.